The van der Waals surface area contributed by atoms with E-state index in [9.17, 15) is 0 Å². The lowest BCUT2D eigenvalue weighted by atomic mass is 9.59. The summed E-state index contributed by atoms with van der Waals surface area (Å²) in [4.78, 5) is 9.31. The summed E-state index contributed by atoms with van der Waals surface area (Å²) in [5.74, 6) is 0.818. The summed E-state index contributed by atoms with van der Waals surface area (Å²) < 4.78 is 18.3. The van der Waals surface area contributed by atoms with Crippen LogP contribution in [0.4, 0.5) is 0 Å². The Hall–Kier alpha value is -3.64. The Bertz CT molecular complexity index is 1220. The van der Waals surface area contributed by atoms with E-state index in [2.05, 4.69) is 41.4 Å². The van der Waals surface area contributed by atoms with Gasteiger partial charge in [0.15, 0.2) is 0 Å². The molecule has 6 nitrogen and oxygen atoms in total. The number of fused-ring (bicyclic) bond motifs is 3. The Labute approximate surface area is 192 Å². The van der Waals surface area contributed by atoms with Gasteiger partial charge in [-0.25, -0.2) is 4.99 Å². The molecule has 2 N–H and O–H groups in total. The third kappa shape index (κ3) is 3.13. The third-order valence-corrected chi connectivity index (χ3v) is 7.06. The average Bonchev–Trinajstić information content (AvgIpc) is 3.15. The zero-order chi connectivity index (χ0) is 22.3. The van der Waals surface area contributed by atoms with Gasteiger partial charge in [0.2, 0.25) is 0 Å². The molecule has 4 aliphatic rings. The number of nitrogens with two attached hydrogens (primary N) is 1. The molecule has 6 rings (SSSR count). The first-order chi connectivity index (χ1) is 16.2. The van der Waals surface area contributed by atoms with Gasteiger partial charge in [0.25, 0.3) is 6.02 Å². The molecule has 166 valence electrons. The lowest BCUT2D eigenvalue weighted by molar-refractivity contribution is -0.215. The molecule has 0 bridgehead atoms. The largest absolute Gasteiger partial charge is 0.489 e. The fourth-order valence-electron chi connectivity index (χ4n) is 5.23. The number of aliphatic imine (C=N–C) groups is 2. The lowest BCUT2D eigenvalue weighted by Crippen LogP contribution is -2.68. The molecule has 2 aromatic rings. The second-order valence-electron chi connectivity index (χ2n) is 8.88. The maximum absolute atomic E-state index is 6.68. The summed E-state index contributed by atoms with van der Waals surface area (Å²) in [5.41, 5.74) is 9.35. The van der Waals surface area contributed by atoms with E-state index in [1.54, 1.807) is 6.20 Å². The van der Waals surface area contributed by atoms with Crippen molar-refractivity contribution in [3.63, 3.8) is 0 Å². The van der Waals surface area contributed by atoms with Gasteiger partial charge < -0.3 is 19.9 Å². The van der Waals surface area contributed by atoms with Crippen LogP contribution in [0, 0.1) is 5.41 Å². The number of nitrogens with zero attached hydrogens (tertiary/aromatic N) is 2. The number of benzene rings is 2. The highest BCUT2D eigenvalue weighted by Gasteiger charge is 2.67. The van der Waals surface area contributed by atoms with Gasteiger partial charge in [0.05, 0.1) is 18.6 Å². The molecule has 0 aliphatic carbocycles. The zero-order valence-corrected chi connectivity index (χ0v) is 18.2. The molecular formula is C27H25N3O3. The standard InChI is InChI=1S/C27H25N3O3/c28-25-30-27(18-32-25)22-14-20(21-9-5-2-6-12-29-15-21)10-11-23(22)33-24(26(27)16-31-17-26)13-19-7-3-1-4-8-19/h1-12,14-15,24H,13,16-18H2,(H2,28,30)/b5-2+,6-2?,9-5?,12-6+,21-9+,21-15?,29-12?,29-15-. The van der Waals surface area contributed by atoms with Gasteiger partial charge in [-0.2, -0.15) is 0 Å². The van der Waals surface area contributed by atoms with Crippen molar-refractivity contribution in [2.45, 2.75) is 18.1 Å². The topological polar surface area (TPSA) is 78.4 Å². The number of amidine groups is 1. The number of ether oxygens (including phenoxy) is 3. The molecule has 4 aliphatic heterocycles. The minimum atomic E-state index is -0.659. The maximum Gasteiger partial charge on any atom is 0.283 e. The van der Waals surface area contributed by atoms with Crippen LogP contribution in [0.1, 0.15) is 16.7 Å². The van der Waals surface area contributed by atoms with Crippen LogP contribution in [0.3, 0.4) is 0 Å². The molecule has 0 saturated carbocycles. The van der Waals surface area contributed by atoms with Gasteiger partial charge in [-0.15, -0.1) is 0 Å². The van der Waals surface area contributed by atoms with Crippen LogP contribution in [0.25, 0.3) is 5.57 Å². The molecule has 0 aromatic heterocycles. The van der Waals surface area contributed by atoms with Crippen molar-refractivity contribution in [3.05, 3.63) is 95.7 Å². The molecule has 1 fully saturated rings. The average molecular weight is 440 g/mol. The van der Waals surface area contributed by atoms with E-state index in [1.807, 2.05) is 42.7 Å². The van der Waals surface area contributed by atoms with Gasteiger partial charge in [0.1, 0.15) is 24.0 Å². The Morgan fingerprint density at radius 2 is 1.88 bits per heavy atom. The first kappa shape index (κ1) is 20.0. The molecule has 1 saturated heterocycles. The van der Waals surface area contributed by atoms with E-state index in [4.69, 9.17) is 24.9 Å². The quantitative estimate of drug-likeness (QED) is 0.789. The number of allylic oxidation sites excluding steroid dienone is 5. The van der Waals surface area contributed by atoms with E-state index in [1.165, 1.54) is 5.56 Å². The van der Waals surface area contributed by atoms with Crippen LogP contribution in [-0.4, -0.2) is 38.2 Å². The van der Waals surface area contributed by atoms with E-state index in [0.29, 0.717) is 19.8 Å². The van der Waals surface area contributed by atoms with Gasteiger partial charge in [-0.05, 0) is 34.9 Å². The van der Waals surface area contributed by atoms with Gasteiger partial charge in [-0.3, -0.25) is 4.99 Å². The van der Waals surface area contributed by atoms with Gasteiger partial charge >= 0.3 is 0 Å². The minimum absolute atomic E-state index is 0.111. The molecule has 6 heteroatoms. The Morgan fingerprint density at radius 1 is 1.00 bits per heavy atom. The van der Waals surface area contributed by atoms with Crippen LogP contribution < -0.4 is 10.5 Å². The van der Waals surface area contributed by atoms with Crippen LogP contribution in [0.2, 0.25) is 0 Å². The fraction of sp³-hybridized carbons (Fsp3) is 0.259. The smallest absolute Gasteiger partial charge is 0.283 e. The fourth-order valence-corrected chi connectivity index (χ4v) is 5.23. The Morgan fingerprint density at radius 3 is 2.64 bits per heavy atom. The predicted molar refractivity (Wildman–Crippen MR) is 128 cm³/mol. The second kappa shape index (κ2) is 7.74. The summed E-state index contributed by atoms with van der Waals surface area (Å²) in [5, 5.41) is 0. The van der Waals surface area contributed by atoms with Crippen LogP contribution >= 0.6 is 0 Å². The lowest BCUT2D eigenvalue weighted by Gasteiger charge is -2.57. The van der Waals surface area contributed by atoms with E-state index < -0.39 is 5.54 Å². The summed E-state index contributed by atoms with van der Waals surface area (Å²) in [6, 6.07) is 16.9. The normalized spacial score (nSPS) is 31.0. The van der Waals surface area contributed by atoms with Crippen LogP contribution in [0.5, 0.6) is 5.75 Å². The predicted octanol–water partition coefficient (Wildman–Crippen LogP) is 3.78. The van der Waals surface area contributed by atoms with Crippen molar-refractivity contribution < 1.29 is 14.2 Å². The molecule has 2 aromatic carbocycles. The van der Waals surface area contributed by atoms with Crippen LogP contribution in [0.15, 0.2) is 89.0 Å². The summed E-state index contributed by atoms with van der Waals surface area (Å²) in [7, 11) is 0. The summed E-state index contributed by atoms with van der Waals surface area (Å²) in [6.07, 6.45) is 12.2. The molecule has 2 unspecified atom stereocenters. The zero-order valence-electron chi connectivity index (χ0n) is 18.2. The first-order valence-corrected chi connectivity index (χ1v) is 11.2. The van der Waals surface area contributed by atoms with Crippen molar-refractivity contribution >= 4 is 17.8 Å². The SMILES string of the molecule is NC1=NC2(CO1)c1cc(C3=C/C=C/C=C/N=C\3)ccc1OC(Cc1ccccc1)C21COC1. The first-order valence-electron chi connectivity index (χ1n) is 11.2. The highest BCUT2D eigenvalue weighted by molar-refractivity contribution is 6.10. The highest BCUT2D eigenvalue weighted by atomic mass is 16.5. The van der Waals surface area contributed by atoms with Crippen molar-refractivity contribution in [2.24, 2.45) is 21.1 Å². The second-order valence-corrected chi connectivity index (χ2v) is 8.88. The molecule has 33 heavy (non-hydrogen) atoms. The van der Waals surface area contributed by atoms with E-state index in [-0.39, 0.29) is 17.5 Å². The Kier molecular flexibility index (Phi) is 4.69. The van der Waals surface area contributed by atoms with Crippen LogP contribution in [-0.2, 0) is 21.4 Å². The highest BCUT2D eigenvalue weighted by Crippen LogP contribution is 2.59. The van der Waals surface area contributed by atoms with Gasteiger partial charge in [-0.1, -0.05) is 54.6 Å². The summed E-state index contributed by atoms with van der Waals surface area (Å²) >= 11 is 0. The van der Waals surface area contributed by atoms with Crippen molar-refractivity contribution in [1.82, 2.24) is 0 Å². The van der Waals surface area contributed by atoms with E-state index in [0.717, 1.165) is 28.9 Å². The van der Waals surface area contributed by atoms with E-state index >= 15 is 0 Å². The molecular weight excluding hydrogens is 414 g/mol. The van der Waals surface area contributed by atoms with Gasteiger partial charge in [0, 0.05) is 24.4 Å². The molecule has 0 amide bonds. The van der Waals surface area contributed by atoms with Crippen molar-refractivity contribution in [3.8, 4) is 5.75 Å². The third-order valence-electron chi connectivity index (χ3n) is 7.06. The molecule has 2 atom stereocenters. The van der Waals surface area contributed by atoms with Crippen molar-refractivity contribution in [2.75, 3.05) is 19.8 Å². The number of hydrogen-bond donors (Lipinski definition) is 1. The van der Waals surface area contributed by atoms with Crippen molar-refractivity contribution in [1.29, 1.82) is 0 Å². The Balaban J connectivity index is 1.48. The number of hydrogen-bond acceptors (Lipinski definition) is 6. The maximum atomic E-state index is 6.68. The molecule has 4 heterocycles. The molecule has 0 radical (unpaired) electrons. The molecule has 2 spiro atoms. The number of rotatable bonds is 3. The summed E-state index contributed by atoms with van der Waals surface area (Å²) in [6.45, 7) is 1.47. The monoisotopic (exact) mass is 439 g/mol. The minimum Gasteiger partial charge on any atom is -0.489 e.